The summed E-state index contributed by atoms with van der Waals surface area (Å²) in [4.78, 5) is 16.8. The van der Waals surface area contributed by atoms with Crippen LogP contribution in [-0.2, 0) is 4.79 Å². The van der Waals surface area contributed by atoms with Gasteiger partial charge in [-0.15, -0.1) is 10.2 Å². The van der Waals surface area contributed by atoms with Gasteiger partial charge in [-0.2, -0.15) is 0 Å². The summed E-state index contributed by atoms with van der Waals surface area (Å²) in [6, 6.07) is 18.4. The lowest BCUT2D eigenvalue weighted by Gasteiger charge is -2.36. The minimum Gasteiger partial charge on any atom is -0.469 e. The third-order valence-corrected chi connectivity index (χ3v) is 6.81. The van der Waals surface area contributed by atoms with Crippen molar-refractivity contribution < 1.29 is 13.6 Å². The number of rotatable bonds is 6. The summed E-state index contributed by atoms with van der Waals surface area (Å²) in [6.45, 7) is 4.19. The number of aryl methyl sites for hydroxylation is 1. The van der Waals surface area contributed by atoms with E-state index in [2.05, 4.69) is 10.2 Å². The highest BCUT2D eigenvalue weighted by Gasteiger charge is 2.24. The Hall–Kier alpha value is -3.59. The smallest absolute Gasteiger partial charge is 0.233 e. The van der Waals surface area contributed by atoms with E-state index < -0.39 is 0 Å². The lowest BCUT2D eigenvalue weighted by Crippen LogP contribution is -2.49. The van der Waals surface area contributed by atoms with E-state index >= 15 is 0 Å². The first kappa shape index (κ1) is 22.2. The number of nitrogens with zero attached hydrogens (tertiary/aromatic N) is 5. The first-order valence-electron chi connectivity index (χ1n) is 11.1. The van der Waals surface area contributed by atoms with Crippen LogP contribution in [0, 0.1) is 12.7 Å². The molecule has 0 bridgehead atoms. The number of amides is 1. The van der Waals surface area contributed by atoms with Crippen molar-refractivity contribution in [2.75, 3.05) is 36.8 Å². The van der Waals surface area contributed by atoms with Crippen molar-refractivity contribution in [2.45, 2.75) is 12.1 Å². The van der Waals surface area contributed by atoms with E-state index in [0.717, 1.165) is 17.0 Å². The predicted molar refractivity (Wildman–Crippen MR) is 130 cm³/mol. The van der Waals surface area contributed by atoms with Gasteiger partial charge < -0.3 is 14.2 Å². The van der Waals surface area contributed by atoms with Gasteiger partial charge >= 0.3 is 0 Å². The van der Waals surface area contributed by atoms with Gasteiger partial charge in [0.1, 0.15) is 11.6 Å². The fourth-order valence-corrected chi connectivity index (χ4v) is 4.94. The molecule has 1 saturated heterocycles. The van der Waals surface area contributed by atoms with E-state index in [-0.39, 0.29) is 17.5 Å². The van der Waals surface area contributed by atoms with Gasteiger partial charge in [0.25, 0.3) is 0 Å². The molecule has 1 aliphatic rings. The van der Waals surface area contributed by atoms with Crippen LogP contribution in [0.2, 0.25) is 0 Å². The molecule has 34 heavy (non-hydrogen) atoms. The quantitative estimate of drug-likeness (QED) is 0.383. The Bertz CT molecular complexity index is 1280. The van der Waals surface area contributed by atoms with Crippen molar-refractivity contribution in [1.82, 2.24) is 19.7 Å². The number of aromatic nitrogens is 3. The molecule has 0 atom stereocenters. The van der Waals surface area contributed by atoms with Gasteiger partial charge in [-0.25, -0.2) is 4.39 Å². The number of hydrogen-bond acceptors (Lipinski definition) is 6. The molecule has 174 valence electrons. The second-order valence-electron chi connectivity index (χ2n) is 7.98. The Kier molecular flexibility index (Phi) is 6.35. The Labute approximate surface area is 201 Å². The number of piperazine rings is 1. The van der Waals surface area contributed by atoms with Crippen LogP contribution in [-0.4, -0.2) is 57.5 Å². The minimum atomic E-state index is -0.234. The van der Waals surface area contributed by atoms with Crippen LogP contribution < -0.4 is 4.90 Å². The number of carbonyl (C=O) groups is 1. The molecule has 1 amide bonds. The molecule has 1 fully saturated rings. The molecular formula is C25H24FN5O2S. The minimum absolute atomic E-state index is 0.0295. The van der Waals surface area contributed by atoms with Gasteiger partial charge in [-0.05, 0) is 37.3 Å². The topological polar surface area (TPSA) is 67.4 Å². The van der Waals surface area contributed by atoms with Crippen LogP contribution in [0.4, 0.5) is 10.1 Å². The first-order chi connectivity index (χ1) is 16.6. The van der Waals surface area contributed by atoms with Gasteiger partial charge in [0.15, 0.2) is 11.0 Å². The average Bonchev–Trinajstić information content (AvgIpc) is 3.49. The highest BCUT2D eigenvalue weighted by Crippen LogP contribution is 2.30. The molecule has 0 aliphatic carbocycles. The molecule has 7 nitrogen and oxygen atoms in total. The largest absolute Gasteiger partial charge is 0.469 e. The molecule has 4 aromatic rings. The van der Waals surface area contributed by atoms with E-state index in [1.54, 1.807) is 18.4 Å². The first-order valence-corrected chi connectivity index (χ1v) is 12.1. The number of benzene rings is 2. The van der Waals surface area contributed by atoms with E-state index in [9.17, 15) is 9.18 Å². The maximum absolute atomic E-state index is 14.1. The van der Waals surface area contributed by atoms with Crippen LogP contribution in [0.25, 0.3) is 17.1 Å². The Morgan fingerprint density at radius 3 is 2.44 bits per heavy atom. The molecule has 5 rings (SSSR count). The number of halogens is 1. The monoisotopic (exact) mass is 477 g/mol. The highest BCUT2D eigenvalue weighted by atomic mass is 32.2. The summed E-state index contributed by atoms with van der Waals surface area (Å²) in [6.07, 6.45) is 1.63. The van der Waals surface area contributed by atoms with E-state index in [0.29, 0.717) is 42.8 Å². The molecule has 3 heterocycles. The molecule has 0 saturated carbocycles. The summed E-state index contributed by atoms with van der Waals surface area (Å²) in [7, 11) is 0. The molecule has 2 aromatic carbocycles. The zero-order valence-corrected chi connectivity index (χ0v) is 19.5. The molecular weight excluding hydrogens is 453 g/mol. The van der Waals surface area contributed by atoms with Gasteiger partial charge in [-0.3, -0.25) is 9.36 Å². The maximum atomic E-state index is 14.1. The van der Waals surface area contributed by atoms with Crippen LogP contribution in [0.1, 0.15) is 5.76 Å². The lowest BCUT2D eigenvalue weighted by atomic mass is 10.2. The van der Waals surface area contributed by atoms with Crippen LogP contribution >= 0.6 is 11.8 Å². The molecule has 2 aromatic heterocycles. The second kappa shape index (κ2) is 9.72. The molecule has 0 radical (unpaired) electrons. The predicted octanol–water partition coefficient (Wildman–Crippen LogP) is 4.42. The Balaban J connectivity index is 1.28. The zero-order chi connectivity index (χ0) is 23.5. The summed E-state index contributed by atoms with van der Waals surface area (Å²) in [5.74, 6) is 1.47. The third kappa shape index (κ3) is 4.43. The number of anilines is 1. The summed E-state index contributed by atoms with van der Waals surface area (Å²) >= 11 is 1.36. The average molecular weight is 478 g/mol. The van der Waals surface area contributed by atoms with Gasteiger partial charge in [0, 0.05) is 31.9 Å². The van der Waals surface area contributed by atoms with Crippen molar-refractivity contribution >= 4 is 23.4 Å². The zero-order valence-electron chi connectivity index (χ0n) is 18.7. The fourth-order valence-electron chi connectivity index (χ4n) is 4.09. The Morgan fingerprint density at radius 1 is 1.00 bits per heavy atom. The number of carbonyl (C=O) groups excluding carboxylic acids is 1. The number of thioether (sulfide) groups is 1. The molecule has 9 heteroatoms. The van der Waals surface area contributed by atoms with Crippen LogP contribution in [0.15, 0.2) is 76.5 Å². The van der Waals surface area contributed by atoms with Crippen molar-refractivity contribution in [2.24, 2.45) is 0 Å². The molecule has 0 spiro atoms. The molecule has 1 aliphatic heterocycles. The van der Waals surface area contributed by atoms with Gasteiger partial charge in [-0.1, -0.05) is 42.1 Å². The summed E-state index contributed by atoms with van der Waals surface area (Å²) in [5, 5.41) is 9.42. The van der Waals surface area contributed by atoms with Gasteiger partial charge in [0.2, 0.25) is 5.91 Å². The summed E-state index contributed by atoms with van der Waals surface area (Å²) < 4.78 is 21.5. The number of para-hydroxylation sites is 2. The fraction of sp³-hybridized carbons (Fsp3) is 0.240. The van der Waals surface area contributed by atoms with E-state index in [1.807, 2.05) is 63.8 Å². The van der Waals surface area contributed by atoms with Crippen molar-refractivity contribution in [1.29, 1.82) is 0 Å². The van der Waals surface area contributed by atoms with Crippen LogP contribution in [0.3, 0.4) is 0 Å². The second-order valence-corrected chi connectivity index (χ2v) is 8.92. The van der Waals surface area contributed by atoms with E-state index in [4.69, 9.17) is 4.42 Å². The normalized spacial score (nSPS) is 13.9. The van der Waals surface area contributed by atoms with Crippen molar-refractivity contribution in [3.8, 4) is 17.1 Å². The van der Waals surface area contributed by atoms with Crippen molar-refractivity contribution in [3.05, 3.63) is 78.5 Å². The summed E-state index contributed by atoms with van der Waals surface area (Å²) in [5.41, 5.74) is 2.36. The van der Waals surface area contributed by atoms with E-state index in [1.165, 1.54) is 17.8 Å². The SMILES string of the molecule is Cc1occc1-c1nnc(SCC(=O)N2CCN(c3ccccc3F)CC2)n1-c1ccccc1. The lowest BCUT2D eigenvalue weighted by molar-refractivity contribution is -0.128. The van der Waals surface area contributed by atoms with Crippen LogP contribution in [0.5, 0.6) is 0 Å². The number of furan rings is 1. The molecule has 0 unspecified atom stereocenters. The standard InChI is InChI=1S/C25H24FN5O2S/c1-18-20(11-16-33-18)24-27-28-25(31(24)19-7-3-2-4-8-19)34-17-23(32)30-14-12-29(13-15-30)22-10-6-5-9-21(22)26/h2-11,16H,12-15,17H2,1H3. The Morgan fingerprint density at radius 2 is 1.74 bits per heavy atom. The highest BCUT2D eigenvalue weighted by molar-refractivity contribution is 7.99. The van der Waals surface area contributed by atoms with Crippen molar-refractivity contribution in [3.63, 3.8) is 0 Å². The third-order valence-electron chi connectivity index (χ3n) is 5.90. The maximum Gasteiger partial charge on any atom is 0.233 e. The number of hydrogen-bond donors (Lipinski definition) is 0. The van der Waals surface area contributed by atoms with Gasteiger partial charge in [0.05, 0.1) is 23.3 Å². The molecule has 0 N–H and O–H groups in total.